The lowest BCUT2D eigenvalue weighted by molar-refractivity contribution is -0.0544. The summed E-state index contributed by atoms with van der Waals surface area (Å²) in [6.45, 7) is -1.27. The molecule has 3 unspecified atom stereocenters. The minimum atomic E-state index is -3.43. The first-order chi connectivity index (χ1) is 29.6. The monoisotopic (exact) mass is 859 g/mol. The topological polar surface area (TPSA) is 256 Å². The van der Waals surface area contributed by atoms with Crippen LogP contribution in [0.15, 0.2) is 86.0 Å². The van der Waals surface area contributed by atoms with Crippen LogP contribution in [0.3, 0.4) is 0 Å². The number of fused-ring (bicyclic) bond motifs is 2. The van der Waals surface area contributed by atoms with E-state index in [1.165, 1.54) is 34.4 Å². The summed E-state index contributed by atoms with van der Waals surface area (Å²) >= 11 is 0. The van der Waals surface area contributed by atoms with E-state index < -0.39 is 89.6 Å². The largest absolute Gasteiger partial charge is 0.394 e. The molecule has 61 heavy (non-hydrogen) atoms. The lowest BCUT2D eigenvalue weighted by Gasteiger charge is -2.30. The molecule has 2 aliphatic rings. The first-order valence-corrected chi connectivity index (χ1v) is 19.4. The molecule has 0 radical (unpaired) electrons. The van der Waals surface area contributed by atoms with Crippen LogP contribution in [0.5, 0.6) is 0 Å². The summed E-state index contributed by atoms with van der Waals surface area (Å²) < 4.78 is 65.4. The van der Waals surface area contributed by atoms with Crippen molar-refractivity contribution in [2.75, 3.05) is 30.5 Å². The predicted octanol–water partition coefficient (Wildman–Crippen LogP) is 2.37. The van der Waals surface area contributed by atoms with Crippen molar-refractivity contribution in [2.24, 2.45) is 0 Å². The highest BCUT2D eigenvalue weighted by molar-refractivity contribution is 7.85. The molecule has 2 fully saturated rings. The van der Waals surface area contributed by atoms with Gasteiger partial charge in [0.25, 0.3) is 11.8 Å². The number of benzene rings is 2. The third kappa shape index (κ3) is 8.52. The fraction of sp³-hybridized carbons (Fsp3) is 0.324. The number of ether oxygens (including phenoxy) is 2. The van der Waals surface area contributed by atoms with Crippen molar-refractivity contribution in [1.29, 1.82) is 5.26 Å². The number of hydrogen-bond acceptors (Lipinski definition) is 16. The van der Waals surface area contributed by atoms with Crippen molar-refractivity contribution in [3.05, 3.63) is 97.1 Å². The Hall–Kier alpha value is -5.96. The molecule has 0 saturated carbocycles. The van der Waals surface area contributed by atoms with Crippen molar-refractivity contribution < 1.29 is 51.6 Å². The fourth-order valence-electron chi connectivity index (χ4n) is 6.55. The molecule has 24 heteroatoms. The number of nitrogens with zero attached hydrogens (tertiary/aromatic N) is 9. The highest BCUT2D eigenvalue weighted by Crippen LogP contribution is 2.61. The number of halogens is 2. The van der Waals surface area contributed by atoms with Crippen LogP contribution < -0.4 is 10.6 Å². The maximum absolute atomic E-state index is 16.6. The Balaban J connectivity index is 0.969. The highest BCUT2D eigenvalue weighted by Gasteiger charge is 2.54. The highest BCUT2D eigenvalue weighted by atomic mass is 31.2. The zero-order chi connectivity index (χ0) is 42.7. The fourth-order valence-corrected chi connectivity index (χ4v) is 7.71. The van der Waals surface area contributed by atoms with E-state index in [9.17, 15) is 25.1 Å². The van der Waals surface area contributed by atoms with Gasteiger partial charge < -0.3 is 30.3 Å². The van der Waals surface area contributed by atoms with Gasteiger partial charge >= 0.3 is 0 Å². The van der Waals surface area contributed by atoms with Crippen molar-refractivity contribution in [2.45, 2.75) is 55.6 Å². The van der Waals surface area contributed by atoms with E-state index in [0.29, 0.717) is 11.1 Å². The van der Waals surface area contributed by atoms with E-state index in [0.717, 1.165) is 0 Å². The van der Waals surface area contributed by atoms with Crippen molar-refractivity contribution >= 4 is 61.2 Å². The van der Waals surface area contributed by atoms with Crippen LogP contribution in [0.4, 0.5) is 20.4 Å². The van der Waals surface area contributed by atoms with Gasteiger partial charge in [-0.15, -0.1) is 0 Å². The third-order valence-corrected chi connectivity index (χ3v) is 10.7. The minimum Gasteiger partial charge on any atom is -0.394 e. The van der Waals surface area contributed by atoms with Gasteiger partial charge in [0, 0.05) is 11.1 Å². The Bertz CT molecular complexity index is 2560. The molecule has 4 aromatic heterocycles. The standard InChI is InChI=1S/C37H37BF2N11O9P/c38-61(56-13-7-12-41,57-15-23-28(53)24(39)36(59-23)50-18-46-26-30(42-16-44-32(26)50)48-34(54)20-8-3-1-4-9-20)60-29-22(14-52)58-37(25(29)40)51-19-47-27-31(43-17-45-33(27)51)49-35(55)21-10-5-2-6-11-21/h1-6,8-11,16-19,22-25,28-29,36-37,52-53H,7,13-15H2,38H3,(H,42,44,48,54)(H,43,45,49,55)/t22-,23-,24?,25+,28+,29?,36-,37-,61?/m1/s1. The number of carbonyl (C=O) groups excluding carboxylic acids is 2. The van der Waals surface area contributed by atoms with E-state index in [1.807, 2.05) is 6.07 Å². The Morgan fingerprint density at radius 2 is 1.33 bits per heavy atom. The second-order valence-electron chi connectivity index (χ2n) is 13.3. The van der Waals surface area contributed by atoms with Gasteiger partial charge in [-0.1, -0.05) is 36.4 Å². The lowest BCUT2D eigenvalue weighted by atomic mass is 10.1. The van der Waals surface area contributed by atoms with Gasteiger partial charge in [-0.3, -0.25) is 18.7 Å². The first-order valence-electron chi connectivity index (χ1n) is 18.3. The molecule has 6 heterocycles. The van der Waals surface area contributed by atoms with Crippen LogP contribution in [-0.4, -0.2) is 125 Å². The van der Waals surface area contributed by atoms with Gasteiger partial charge in [-0.25, -0.2) is 52.3 Å². The molecule has 2 aromatic carbocycles. The molecule has 2 saturated heterocycles. The number of aliphatic hydroxyl groups excluding tert-OH is 2. The number of nitrogens with one attached hydrogen (secondary N) is 2. The molecule has 9 atom stereocenters. The van der Waals surface area contributed by atoms with Crippen molar-refractivity contribution in [1.82, 2.24) is 39.0 Å². The Morgan fingerprint density at radius 3 is 1.85 bits per heavy atom. The number of hydrogen-bond donors (Lipinski definition) is 4. The van der Waals surface area contributed by atoms with Gasteiger partial charge in [-0.05, 0) is 24.3 Å². The second-order valence-corrected chi connectivity index (χ2v) is 14.4. The Kier molecular flexibility index (Phi) is 12.3. The quantitative estimate of drug-likeness (QED) is 0.0657. The van der Waals surface area contributed by atoms with Crippen LogP contribution in [0.2, 0.25) is 0 Å². The summed E-state index contributed by atoms with van der Waals surface area (Å²) in [6, 6.07) is 18.8. The van der Waals surface area contributed by atoms with Gasteiger partial charge in [0.2, 0.25) is 15.4 Å². The normalized spacial score (nSPS) is 24.7. The third-order valence-electron chi connectivity index (χ3n) is 9.50. The smallest absolute Gasteiger partial charge is 0.256 e. The van der Waals surface area contributed by atoms with Crippen molar-refractivity contribution in [3.63, 3.8) is 0 Å². The van der Waals surface area contributed by atoms with Crippen LogP contribution in [0, 0.1) is 11.3 Å². The Labute approximate surface area is 345 Å². The van der Waals surface area contributed by atoms with E-state index in [-0.39, 0.29) is 47.0 Å². The number of carbonyl (C=O) groups is 2. The zero-order valence-corrected chi connectivity index (χ0v) is 31.9. The summed E-state index contributed by atoms with van der Waals surface area (Å²) in [6.07, 6.45) is -7.70. The molecule has 0 bridgehead atoms. The summed E-state index contributed by atoms with van der Waals surface area (Å²) in [5.41, 5.74) is 1.29. The van der Waals surface area contributed by atoms with Crippen molar-refractivity contribution in [3.8, 4) is 6.07 Å². The number of aliphatic hydroxyl groups is 2. The molecule has 316 valence electrons. The maximum atomic E-state index is 16.6. The summed E-state index contributed by atoms with van der Waals surface area (Å²) in [7, 11) is -4.59. The van der Waals surface area contributed by atoms with E-state index in [2.05, 4.69) is 40.5 Å². The number of imidazole rings is 2. The van der Waals surface area contributed by atoms with Crippen LogP contribution in [0.25, 0.3) is 22.3 Å². The number of alkyl halides is 2. The zero-order valence-electron chi connectivity index (χ0n) is 31.0. The Morgan fingerprint density at radius 1 is 0.803 bits per heavy atom. The average molecular weight is 860 g/mol. The lowest BCUT2D eigenvalue weighted by Crippen LogP contribution is -2.36. The van der Waals surface area contributed by atoms with Gasteiger partial charge in [0.05, 0.1) is 31.8 Å². The van der Waals surface area contributed by atoms with Crippen LogP contribution in [-0.2, 0) is 23.0 Å². The molecule has 4 N–H and O–H groups in total. The molecule has 0 spiro atoms. The number of rotatable bonds is 15. The van der Waals surface area contributed by atoms with Gasteiger partial charge in [-0.2, -0.15) is 5.26 Å². The maximum Gasteiger partial charge on any atom is 0.256 e. The molecule has 6 aromatic rings. The molecular weight excluding hydrogens is 822 g/mol. The van der Waals surface area contributed by atoms with E-state index >= 15 is 8.78 Å². The van der Waals surface area contributed by atoms with E-state index in [1.54, 1.807) is 60.7 Å². The molecule has 2 aliphatic heterocycles. The summed E-state index contributed by atoms with van der Waals surface area (Å²) in [5, 5.41) is 35.9. The number of nitriles is 1. The van der Waals surface area contributed by atoms with Crippen LogP contribution in [0.1, 0.15) is 39.6 Å². The second kappa shape index (κ2) is 17.9. The molecular formula is C37H37BF2N11O9P. The first kappa shape index (κ1) is 41.8. The summed E-state index contributed by atoms with van der Waals surface area (Å²) in [5.74, 6) is -0.750. The van der Waals surface area contributed by atoms with Crippen LogP contribution >= 0.6 is 7.82 Å². The molecule has 20 nitrogen and oxygen atoms in total. The number of aromatic nitrogens is 8. The number of anilines is 2. The molecule has 0 aliphatic carbocycles. The summed E-state index contributed by atoms with van der Waals surface area (Å²) in [4.78, 5) is 51.0. The SMILES string of the molecule is [BH3-][P+](OCCC#N)(OC[C@H]1O[C@@H](n2cnc3c(NC(=O)c4ccccc4)ncnc32)C(F)[C@H]1O)OC1[C@@H](CO)O[C@@H](n2cnc3c(NC(=O)c4ccccc4)ncnc32)[C@H]1F. The van der Waals surface area contributed by atoms with Gasteiger partial charge in [0.15, 0.2) is 64.9 Å². The predicted molar refractivity (Wildman–Crippen MR) is 214 cm³/mol. The number of amides is 2. The minimum absolute atomic E-state index is 0.0582. The van der Waals surface area contributed by atoms with E-state index in [4.69, 9.17) is 23.0 Å². The molecule has 8 rings (SSSR count). The van der Waals surface area contributed by atoms with Gasteiger partial charge in [0.1, 0.15) is 44.2 Å². The average Bonchev–Trinajstić information content (AvgIpc) is 4.05. The molecule has 2 amide bonds.